The van der Waals surface area contributed by atoms with Crippen LogP contribution in [0.15, 0.2) is 18.2 Å². The fourth-order valence-electron chi connectivity index (χ4n) is 2.16. The zero-order valence-corrected chi connectivity index (χ0v) is 11.4. The normalized spacial score (nSPS) is 18.1. The van der Waals surface area contributed by atoms with Crippen LogP contribution in [-0.4, -0.2) is 32.3 Å². The van der Waals surface area contributed by atoms with E-state index >= 15 is 0 Å². The van der Waals surface area contributed by atoms with Crippen molar-refractivity contribution >= 4 is 17.3 Å². The van der Waals surface area contributed by atoms with Crippen molar-refractivity contribution in [3.05, 3.63) is 18.2 Å². The van der Waals surface area contributed by atoms with Gasteiger partial charge in [-0.05, 0) is 31.0 Å². The number of hydrogen-bond acceptors (Lipinski definition) is 4. The highest BCUT2D eigenvalue weighted by molar-refractivity contribution is 5.89. The minimum Gasteiger partial charge on any atom is -0.495 e. The topological polar surface area (TPSA) is 59.6 Å². The Morgan fingerprint density at radius 3 is 3.00 bits per heavy atom. The van der Waals surface area contributed by atoms with Gasteiger partial charge in [0, 0.05) is 25.8 Å². The molecular weight excluding hydrogens is 244 g/mol. The molecule has 0 aromatic heterocycles. The van der Waals surface area contributed by atoms with Crippen molar-refractivity contribution in [2.45, 2.75) is 25.9 Å². The van der Waals surface area contributed by atoms with Gasteiger partial charge in [0.2, 0.25) is 5.91 Å². The molecule has 19 heavy (non-hydrogen) atoms. The highest BCUT2D eigenvalue weighted by Crippen LogP contribution is 2.28. The smallest absolute Gasteiger partial charge is 0.221 e. The molecule has 0 spiro atoms. The number of hydrogen-bond donors (Lipinski definition) is 2. The third-order valence-electron chi connectivity index (χ3n) is 3.06. The minimum absolute atomic E-state index is 0.0877. The van der Waals surface area contributed by atoms with E-state index in [-0.39, 0.29) is 12.0 Å². The summed E-state index contributed by atoms with van der Waals surface area (Å²) in [6, 6.07) is 5.52. The van der Waals surface area contributed by atoms with Crippen LogP contribution in [0.4, 0.5) is 11.4 Å². The molecule has 1 amide bonds. The van der Waals surface area contributed by atoms with Crippen LogP contribution in [0.2, 0.25) is 0 Å². The molecule has 5 nitrogen and oxygen atoms in total. The highest BCUT2D eigenvalue weighted by Gasteiger charge is 2.15. The largest absolute Gasteiger partial charge is 0.495 e. The standard InChI is InChI=1S/C14H20N2O3/c1-10(17)16-11-5-6-14(18-2)13(8-11)15-9-12-4-3-7-19-12/h5-6,8,12,15H,3-4,7,9H2,1-2H3,(H,16,17). The molecule has 1 atom stereocenters. The summed E-state index contributed by atoms with van der Waals surface area (Å²) in [5.74, 6) is 0.669. The summed E-state index contributed by atoms with van der Waals surface area (Å²) in [6.45, 7) is 3.08. The lowest BCUT2D eigenvalue weighted by Gasteiger charge is -2.15. The minimum atomic E-state index is -0.0877. The number of carbonyl (C=O) groups excluding carboxylic acids is 1. The SMILES string of the molecule is COc1ccc(NC(C)=O)cc1NCC1CCCO1. The summed E-state index contributed by atoms with van der Waals surface area (Å²) in [5, 5.41) is 6.08. The van der Waals surface area contributed by atoms with Crippen molar-refractivity contribution in [2.24, 2.45) is 0 Å². The molecule has 1 aromatic carbocycles. The predicted molar refractivity (Wildman–Crippen MR) is 74.8 cm³/mol. The van der Waals surface area contributed by atoms with Crippen molar-refractivity contribution < 1.29 is 14.3 Å². The number of amides is 1. The van der Waals surface area contributed by atoms with E-state index in [4.69, 9.17) is 9.47 Å². The van der Waals surface area contributed by atoms with Gasteiger partial charge in [0.05, 0.1) is 18.9 Å². The van der Waals surface area contributed by atoms with Gasteiger partial charge in [-0.15, -0.1) is 0 Å². The highest BCUT2D eigenvalue weighted by atomic mass is 16.5. The van der Waals surface area contributed by atoms with Gasteiger partial charge in [0.25, 0.3) is 0 Å². The maximum absolute atomic E-state index is 11.1. The number of carbonyl (C=O) groups is 1. The van der Waals surface area contributed by atoms with Crippen LogP contribution < -0.4 is 15.4 Å². The van der Waals surface area contributed by atoms with Crippen LogP contribution in [0, 0.1) is 0 Å². The van der Waals surface area contributed by atoms with E-state index in [1.165, 1.54) is 6.92 Å². The molecule has 1 saturated heterocycles. The summed E-state index contributed by atoms with van der Waals surface area (Å²) >= 11 is 0. The van der Waals surface area contributed by atoms with Gasteiger partial charge < -0.3 is 20.1 Å². The van der Waals surface area contributed by atoms with E-state index < -0.39 is 0 Å². The van der Waals surface area contributed by atoms with E-state index in [1.54, 1.807) is 7.11 Å². The van der Waals surface area contributed by atoms with E-state index in [9.17, 15) is 4.79 Å². The molecule has 0 bridgehead atoms. The predicted octanol–water partition coefficient (Wildman–Crippen LogP) is 2.24. The quantitative estimate of drug-likeness (QED) is 0.856. The second-order valence-corrected chi connectivity index (χ2v) is 4.61. The van der Waals surface area contributed by atoms with Gasteiger partial charge in [0.1, 0.15) is 5.75 Å². The average molecular weight is 264 g/mol. The molecule has 2 rings (SSSR count). The van der Waals surface area contributed by atoms with Gasteiger partial charge in [-0.1, -0.05) is 0 Å². The lowest BCUT2D eigenvalue weighted by Crippen LogP contribution is -2.18. The molecule has 1 aliphatic rings. The van der Waals surface area contributed by atoms with E-state index in [0.29, 0.717) is 0 Å². The van der Waals surface area contributed by atoms with Gasteiger partial charge in [-0.2, -0.15) is 0 Å². The fraction of sp³-hybridized carbons (Fsp3) is 0.500. The molecule has 0 saturated carbocycles. The molecule has 5 heteroatoms. The zero-order chi connectivity index (χ0) is 13.7. The van der Waals surface area contributed by atoms with Gasteiger partial charge in [-0.25, -0.2) is 0 Å². The molecular formula is C14H20N2O3. The summed E-state index contributed by atoms with van der Waals surface area (Å²) in [5.41, 5.74) is 1.62. The first-order valence-electron chi connectivity index (χ1n) is 6.50. The summed E-state index contributed by atoms with van der Waals surface area (Å²) < 4.78 is 10.9. The maximum atomic E-state index is 11.1. The van der Waals surface area contributed by atoms with Crippen molar-refractivity contribution in [3.8, 4) is 5.75 Å². The number of rotatable bonds is 5. The van der Waals surface area contributed by atoms with Crippen LogP contribution in [0.1, 0.15) is 19.8 Å². The Bertz CT molecular complexity index is 442. The molecule has 0 radical (unpaired) electrons. The number of anilines is 2. The van der Waals surface area contributed by atoms with Gasteiger partial charge in [0.15, 0.2) is 0 Å². The van der Waals surface area contributed by atoms with Crippen LogP contribution in [-0.2, 0) is 9.53 Å². The Morgan fingerprint density at radius 1 is 1.53 bits per heavy atom. The fourth-order valence-corrected chi connectivity index (χ4v) is 2.16. The number of benzene rings is 1. The Kier molecular flexibility index (Phi) is 4.63. The van der Waals surface area contributed by atoms with Crippen LogP contribution in [0.5, 0.6) is 5.75 Å². The number of ether oxygens (including phenoxy) is 2. The van der Waals surface area contributed by atoms with Gasteiger partial charge in [-0.3, -0.25) is 4.79 Å². The number of nitrogens with one attached hydrogen (secondary N) is 2. The van der Waals surface area contributed by atoms with Crippen molar-refractivity contribution in [2.75, 3.05) is 30.9 Å². The Balaban J connectivity index is 2.04. The Morgan fingerprint density at radius 2 is 2.37 bits per heavy atom. The van der Waals surface area contributed by atoms with Crippen LogP contribution in [0.3, 0.4) is 0 Å². The van der Waals surface area contributed by atoms with Crippen molar-refractivity contribution in [1.29, 1.82) is 0 Å². The number of methoxy groups -OCH3 is 1. The molecule has 1 fully saturated rings. The molecule has 2 N–H and O–H groups in total. The molecule has 1 unspecified atom stereocenters. The van der Waals surface area contributed by atoms with E-state index in [2.05, 4.69) is 10.6 Å². The summed E-state index contributed by atoms with van der Waals surface area (Å²) in [4.78, 5) is 11.1. The van der Waals surface area contributed by atoms with E-state index in [0.717, 1.165) is 43.1 Å². The summed E-state index contributed by atoms with van der Waals surface area (Å²) in [7, 11) is 1.63. The zero-order valence-electron chi connectivity index (χ0n) is 11.4. The third kappa shape index (κ3) is 3.86. The maximum Gasteiger partial charge on any atom is 0.221 e. The van der Waals surface area contributed by atoms with Crippen molar-refractivity contribution in [3.63, 3.8) is 0 Å². The Hall–Kier alpha value is -1.75. The lowest BCUT2D eigenvalue weighted by atomic mass is 10.2. The van der Waals surface area contributed by atoms with E-state index in [1.807, 2.05) is 18.2 Å². The first-order chi connectivity index (χ1) is 9.19. The molecule has 1 aliphatic heterocycles. The average Bonchev–Trinajstić information content (AvgIpc) is 2.89. The Labute approximate surface area is 113 Å². The molecule has 1 heterocycles. The molecule has 0 aliphatic carbocycles. The first kappa shape index (κ1) is 13.7. The van der Waals surface area contributed by atoms with Crippen molar-refractivity contribution in [1.82, 2.24) is 0 Å². The van der Waals surface area contributed by atoms with Crippen LogP contribution >= 0.6 is 0 Å². The third-order valence-corrected chi connectivity index (χ3v) is 3.06. The first-order valence-corrected chi connectivity index (χ1v) is 6.50. The second-order valence-electron chi connectivity index (χ2n) is 4.61. The van der Waals surface area contributed by atoms with Crippen LogP contribution in [0.25, 0.3) is 0 Å². The summed E-state index contributed by atoms with van der Waals surface area (Å²) in [6.07, 6.45) is 2.46. The lowest BCUT2D eigenvalue weighted by molar-refractivity contribution is -0.114. The molecule has 104 valence electrons. The molecule has 1 aromatic rings. The second kappa shape index (κ2) is 6.43. The van der Waals surface area contributed by atoms with Gasteiger partial charge >= 0.3 is 0 Å². The monoisotopic (exact) mass is 264 g/mol.